The second-order valence-electron chi connectivity index (χ2n) is 7.20. The van der Waals surface area contributed by atoms with Gasteiger partial charge in [0.1, 0.15) is 0 Å². The first-order chi connectivity index (χ1) is 10.1. The Bertz CT molecular complexity index is 709. The minimum absolute atomic E-state index is 0.173. The molecule has 118 valence electrons. The first kappa shape index (κ1) is 16.3. The van der Waals surface area contributed by atoms with Gasteiger partial charge in [0.05, 0.1) is 5.69 Å². The maximum atomic E-state index is 12.9. The van der Waals surface area contributed by atoms with E-state index in [0.29, 0.717) is 0 Å². The van der Waals surface area contributed by atoms with Crippen molar-refractivity contribution in [3.63, 3.8) is 0 Å². The van der Waals surface area contributed by atoms with E-state index in [4.69, 9.17) is 0 Å². The largest absolute Gasteiger partial charge is 0.377 e. The standard InChI is InChI=1S/C19H26N2O/c1-19(2,3)18(22)14-12-11-13-9-8-10-15(20(4)5)16(13)17(14)21(6)7/h8-12H,1-7H3. The Labute approximate surface area is 133 Å². The number of anilines is 2. The van der Waals surface area contributed by atoms with Gasteiger partial charge in [-0.3, -0.25) is 4.79 Å². The van der Waals surface area contributed by atoms with Crippen LogP contribution in [0.3, 0.4) is 0 Å². The molecular weight excluding hydrogens is 272 g/mol. The highest BCUT2D eigenvalue weighted by atomic mass is 16.1. The third-order valence-electron chi connectivity index (χ3n) is 3.85. The minimum Gasteiger partial charge on any atom is -0.377 e. The summed E-state index contributed by atoms with van der Waals surface area (Å²) in [6.07, 6.45) is 0. The molecule has 2 aromatic rings. The fourth-order valence-corrected chi connectivity index (χ4v) is 2.77. The molecule has 0 unspecified atom stereocenters. The molecular formula is C19H26N2O. The van der Waals surface area contributed by atoms with Crippen molar-refractivity contribution in [2.75, 3.05) is 38.0 Å². The van der Waals surface area contributed by atoms with Crippen LogP contribution in [0, 0.1) is 5.41 Å². The van der Waals surface area contributed by atoms with Crippen LogP contribution < -0.4 is 9.80 Å². The highest BCUT2D eigenvalue weighted by Gasteiger charge is 2.27. The smallest absolute Gasteiger partial charge is 0.170 e. The zero-order valence-corrected chi connectivity index (χ0v) is 14.7. The number of benzene rings is 2. The predicted octanol–water partition coefficient (Wildman–Crippen LogP) is 4.20. The molecule has 0 aromatic heterocycles. The van der Waals surface area contributed by atoms with E-state index in [1.165, 1.54) is 0 Å². The zero-order valence-electron chi connectivity index (χ0n) is 14.7. The Morgan fingerprint density at radius 3 is 2.05 bits per heavy atom. The van der Waals surface area contributed by atoms with E-state index in [1.807, 2.05) is 66.0 Å². The molecule has 0 amide bonds. The second kappa shape index (κ2) is 5.64. The van der Waals surface area contributed by atoms with Gasteiger partial charge >= 0.3 is 0 Å². The first-order valence-electron chi connectivity index (χ1n) is 7.59. The fraction of sp³-hybridized carbons (Fsp3) is 0.421. The number of fused-ring (bicyclic) bond motifs is 1. The number of ketones is 1. The van der Waals surface area contributed by atoms with E-state index >= 15 is 0 Å². The maximum Gasteiger partial charge on any atom is 0.170 e. The fourth-order valence-electron chi connectivity index (χ4n) is 2.77. The number of carbonyl (C=O) groups excluding carboxylic acids is 1. The van der Waals surface area contributed by atoms with Gasteiger partial charge in [0, 0.05) is 50.2 Å². The molecule has 22 heavy (non-hydrogen) atoms. The third kappa shape index (κ3) is 2.80. The number of nitrogens with zero attached hydrogens (tertiary/aromatic N) is 2. The number of Topliss-reactive ketones (excluding diaryl/α,β-unsaturated/α-hetero) is 1. The van der Waals surface area contributed by atoms with Crippen molar-refractivity contribution in [1.29, 1.82) is 0 Å². The lowest BCUT2D eigenvalue weighted by molar-refractivity contribution is 0.0859. The Kier molecular flexibility index (Phi) is 4.19. The lowest BCUT2D eigenvalue weighted by Crippen LogP contribution is -2.24. The van der Waals surface area contributed by atoms with Crippen LogP contribution in [-0.2, 0) is 0 Å². The summed E-state index contributed by atoms with van der Waals surface area (Å²) in [4.78, 5) is 17.0. The molecule has 0 spiro atoms. The molecule has 0 radical (unpaired) electrons. The van der Waals surface area contributed by atoms with E-state index in [-0.39, 0.29) is 5.78 Å². The molecule has 3 nitrogen and oxygen atoms in total. The van der Waals surface area contributed by atoms with Gasteiger partial charge in [0.2, 0.25) is 0 Å². The molecule has 2 aromatic carbocycles. The van der Waals surface area contributed by atoms with E-state index in [1.54, 1.807) is 0 Å². The normalized spacial score (nSPS) is 11.6. The first-order valence-corrected chi connectivity index (χ1v) is 7.59. The Morgan fingerprint density at radius 2 is 1.55 bits per heavy atom. The van der Waals surface area contributed by atoms with Crippen LogP contribution in [0.15, 0.2) is 30.3 Å². The zero-order chi connectivity index (χ0) is 16.7. The minimum atomic E-state index is -0.397. The lowest BCUT2D eigenvalue weighted by atomic mass is 9.84. The van der Waals surface area contributed by atoms with Crippen molar-refractivity contribution in [2.45, 2.75) is 20.8 Å². The van der Waals surface area contributed by atoms with E-state index in [0.717, 1.165) is 27.7 Å². The second-order valence-corrected chi connectivity index (χ2v) is 7.20. The third-order valence-corrected chi connectivity index (χ3v) is 3.85. The van der Waals surface area contributed by atoms with Gasteiger partial charge in [-0.15, -0.1) is 0 Å². The maximum absolute atomic E-state index is 12.9. The quantitative estimate of drug-likeness (QED) is 0.793. The summed E-state index contributed by atoms with van der Waals surface area (Å²) in [5.74, 6) is 0.173. The average Bonchev–Trinajstić information content (AvgIpc) is 2.43. The lowest BCUT2D eigenvalue weighted by Gasteiger charge is -2.26. The molecule has 0 aliphatic carbocycles. The van der Waals surface area contributed by atoms with Gasteiger partial charge in [-0.1, -0.05) is 39.0 Å². The molecule has 0 saturated heterocycles. The Hall–Kier alpha value is -2.03. The number of carbonyl (C=O) groups is 1. The Morgan fingerprint density at radius 1 is 0.909 bits per heavy atom. The molecule has 0 N–H and O–H groups in total. The van der Waals surface area contributed by atoms with Crippen LogP contribution in [0.5, 0.6) is 0 Å². The summed E-state index contributed by atoms with van der Waals surface area (Å²) in [6.45, 7) is 5.91. The highest BCUT2D eigenvalue weighted by Crippen LogP contribution is 2.38. The summed E-state index contributed by atoms with van der Waals surface area (Å²) < 4.78 is 0. The van der Waals surface area contributed by atoms with Crippen molar-refractivity contribution in [3.8, 4) is 0 Å². The van der Waals surface area contributed by atoms with Crippen LogP contribution in [0.2, 0.25) is 0 Å². The summed E-state index contributed by atoms with van der Waals surface area (Å²) in [5.41, 5.74) is 2.52. The number of hydrogen-bond donors (Lipinski definition) is 0. The Balaban J connectivity index is 2.88. The van der Waals surface area contributed by atoms with E-state index in [2.05, 4.69) is 23.1 Å². The highest BCUT2D eigenvalue weighted by molar-refractivity contribution is 6.14. The SMILES string of the molecule is CN(C)c1cccc2ccc(C(=O)C(C)(C)C)c(N(C)C)c12. The number of rotatable bonds is 3. The summed E-state index contributed by atoms with van der Waals surface area (Å²) in [7, 11) is 8.07. The average molecular weight is 298 g/mol. The molecule has 0 aliphatic rings. The van der Waals surface area contributed by atoms with Crippen molar-refractivity contribution < 1.29 is 4.79 Å². The van der Waals surface area contributed by atoms with Gasteiger partial charge in [0.15, 0.2) is 5.78 Å². The van der Waals surface area contributed by atoms with Crippen molar-refractivity contribution in [2.24, 2.45) is 5.41 Å². The monoisotopic (exact) mass is 298 g/mol. The van der Waals surface area contributed by atoms with Gasteiger partial charge < -0.3 is 9.80 Å². The van der Waals surface area contributed by atoms with Crippen LogP contribution in [-0.4, -0.2) is 34.0 Å². The molecule has 0 saturated carbocycles. The van der Waals surface area contributed by atoms with E-state index < -0.39 is 5.41 Å². The molecule has 0 bridgehead atoms. The summed E-state index contributed by atoms with van der Waals surface area (Å²) in [6, 6.07) is 10.3. The van der Waals surface area contributed by atoms with Crippen molar-refractivity contribution >= 4 is 27.9 Å². The van der Waals surface area contributed by atoms with Crippen LogP contribution in [0.25, 0.3) is 10.8 Å². The molecule has 2 rings (SSSR count). The topological polar surface area (TPSA) is 23.6 Å². The van der Waals surface area contributed by atoms with Crippen molar-refractivity contribution in [1.82, 2.24) is 0 Å². The van der Waals surface area contributed by atoms with Gasteiger partial charge in [0.25, 0.3) is 0 Å². The van der Waals surface area contributed by atoms with Crippen LogP contribution >= 0.6 is 0 Å². The molecule has 3 heteroatoms. The van der Waals surface area contributed by atoms with Gasteiger partial charge in [-0.05, 0) is 17.5 Å². The summed E-state index contributed by atoms with van der Waals surface area (Å²) in [5, 5.41) is 2.29. The molecule has 0 fully saturated rings. The molecule has 0 atom stereocenters. The van der Waals surface area contributed by atoms with Gasteiger partial charge in [-0.2, -0.15) is 0 Å². The molecule has 0 aliphatic heterocycles. The predicted molar refractivity (Wildman–Crippen MR) is 96.4 cm³/mol. The summed E-state index contributed by atoms with van der Waals surface area (Å²) >= 11 is 0. The molecule has 0 heterocycles. The van der Waals surface area contributed by atoms with Crippen LogP contribution in [0.1, 0.15) is 31.1 Å². The van der Waals surface area contributed by atoms with E-state index in [9.17, 15) is 4.79 Å². The number of hydrogen-bond acceptors (Lipinski definition) is 3. The van der Waals surface area contributed by atoms with Gasteiger partial charge in [-0.25, -0.2) is 0 Å². The van der Waals surface area contributed by atoms with Crippen molar-refractivity contribution in [3.05, 3.63) is 35.9 Å². The van der Waals surface area contributed by atoms with Crippen LogP contribution in [0.4, 0.5) is 11.4 Å².